The Labute approximate surface area is 138 Å². The highest BCUT2D eigenvalue weighted by atomic mass is 16.6. The van der Waals surface area contributed by atoms with E-state index in [1.165, 1.54) is 32.1 Å². The Morgan fingerprint density at radius 3 is 2.26 bits per heavy atom. The van der Waals surface area contributed by atoms with Gasteiger partial charge in [-0.3, -0.25) is 0 Å². The lowest BCUT2D eigenvalue weighted by molar-refractivity contribution is -0.133. The molecule has 1 aliphatic carbocycles. The number of nitrogens with two attached hydrogens (primary N) is 1. The van der Waals surface area contributed by atoms with E-state index in [-0.39, 0.29) is 5.57 Å². The van der Waals surface area contributed by atoms with E-state index in [0.29, 0.717) is 11.6 Å². The van der Waals surface area contributed by atoms with Gasteiger partial charge in [0.15, 0.2) is 0 Å². The van der Waals surface area contributed by atoms with Gasteiger partial charge in [-0.25, -0.2) is 9.59 Å². The summed E-state index contributed by atoms with van der Waals surface area (Å²) in [7, 11) is 0. The van der Waals surface area contributed by atoms with Gasteiger partial charge in [0, 0.05) is 6.04 Å². The molecule has 4 nitrogen and oxygen atoms in total. The summed E-state index contributed by atoms with van der Waals surface area (Å²) in [5.41, 5.74) is 8.92. The number of hydrogen-bond donors (Lipinski definition) is 1. The van der Waals surface area contributed by atoms with Crippen LogP contribution in [-0.2, 0) is 9.53 Å². The first-order valence-corrected chi connectivity index (χ1v) is 7.99. The number of esters is 2. The van der Waals surface area contributed by atoms with Crippen LogP contribution in [0.5, 0.6) is 0 Å². The third-order valence-corrected chi connectivity index (χ3v) is 3.51. The maximum Gasteiger partial charge on any atom is 0.349 e. The van der Waals surface area contributed by atoms with Gasteiger partial charge in [-0.05, 0) is 44.9 Å². The number of rotatable bonds is 2. The van der Waals surface area contributed by atoms with Gasteiger partial charge in [-0.1, -0.05) is 37.5 Å². The summed E-state index contributed by atoms with van der Waals surface area (Å²) in [5, 5.41) is 0. The van der Waals surface area contributed by atoms with E-state index in [9.17, 15) is 9.59 Å². The molecule has 0 spiro atoms. The molecule has 1 aromatic carbocycles. The predicted molar refractivity (Wildman–Crippen MR) is 90.9 cm³/mol. The van der Waals surface area contributed by atoms with Gasteiger partial charge >= 0.3 is 11.9 Å². The lowest BCUT2D eigenvalue weighted by Gasteiger charge is -2.15. The van der Waals surface area contributed by atoms with Gasteiger partial charge in [0.25, 0.3) is 0 Å². The van der Waals surface area contributed by atoms with Crippen LogP contribution < -0.4 is 5.73 Å². The molecule has 0 radical (unpaired) electrons. The normalized spacial score (nSPS) is 13.9. The van der Waals surface area contributed by atoms with Gasteiger partial charge in [-0.15, -0.1) is 5.73 Å². The summed E-state index contributed by atoms with van der Waals surface area (Å²) < 4.78 is 4.65. The molecule has 124 valence electrons. The van der Waals surface area contributed by atoms with Gasteiger partial charge in [-0.2, -0.15) is 0 Å². The van der Waals surface area contributed by atoms with Crippen molar-refractivity contribution in [1.82, 2.24) is 0 Å². The van der Waals surface area contributed by atoms with E-state index in [0.717, 1.165) is 0 Å². The zero-order valence-electron chi connectivity index (χ0n) is 13.9. The minimum atomic E-state index is -0.674. The van der Waals surface area contributed by atoms with Gasteiger partial charge in [0.05, 0.1) is 11.1 Å². The van der Waals surface area contributed by atoms with E-state index in [1.54, 1.807) is 50.3 Å². The molecular formula is C19H25NO3. The van der Waals surface area contributed by atoms with E-state index >= 15 is 0 Å². The lowest BCUT2D eigenvalue weighted by Crippen LogP contribution is -2.22. The summed E-state index contributed by atoms with van der Waals surface area (Å²) in [6, 6.07) is 8.90. The average Bonchev–Trinajstić information content (AvgIpc) is 2.57. The van der Waals surface area contributed by atoms with Gasteiger partial charge < -0.3 is 10.5 Å². The molecule has 0 heterocycles. The van der Waals surface area contributed by atoms with Crippen LogP contribution in [0.4, 0.5) is 0 Å². The van der Waals surface area contributed by atoms with Crippen LogP contribution in [0.1, 0.15) is 56.3 Å². The van der Waals surface area contributed by atoms with Crippen molar-refractivity contribution in [3.05, 3.63) is 53.3 Å². The van der Waals surface area contributed by atoms with Crippen LogP contribution >= 0.6 is 0 Å². The molecule has 0 atom stereocenters. The van der Waals surface area contributed by atoms with Crippen LogP contribution in [0.25, 0.3) is 0 Å². The molecule has 0 bridgehead atoms. The average molecular weight is 315 g/mol. The van der Waals surface area contributed by atoms with Crippen molar-refractivity contribution in [2.75, 3.05) is 0 Å². The monoisotopic (exact) mass is 315 g/mol. The highest BCUT2D eigenvalue weighted by molar-refractivity contribution is 6.01. The minimum Gasteiger partial charge on any atom is -0.385 e. The number of hydrogen-bond acceptors (Lipinski definition) is 4. The summed E-state index contributed by atoms with van der Waals surface area (Å²) in [4.78, 5) is 22.8. The number of benzene rings is 1. The largest absolute Gasteiger partial charge is 0.385 e. The SMILES string of the molecule is CC=C=C(C)C(=O)OC(=O)c1ccccc1.NC1CCCCC1. The molecule has 1 aromatic rings. The van der Waals surface area contributed by atoms with Crippen molar-refractivity contribution in [1.29, 1.82) is 0 Å². The van der Waals surface area contributed by atoms with Crippen molar-refractivity contribution in [2.45, 2.75) is 52.0 Å². The van der Waals surface area contributed by atoms with Crippen LogP contribution in [0, 0.1) is 0 Å². The van der Waals surface area contributed by atoms with Gasteiger partial charge in [0.1, 0.15) is 0 Å². The Balaban J connectivity index is 0.000000313. The first-order valence-electron chi connectivity index (χ1n) is 7.99. The zero-order valence-corrected chi connectivity index (χ0v) is 13.9. The third-order valence-electron chi connectivity index (χ3n) is 3.51. The first-order chi connectivity index (χ1) is 11.0. The molecule has 1 aliphatic rings. The molecule has 0 aromatic heterocycles. The van der Waals surface area contributed by atoms with E-state index < -0.39 is 11.9 Å². The fraction of sp³-hybridized carbons (Fsp3) is 0.421. The first kappa shape index (κ1) is 18.9. The maximum atomic E-state index is 11.5. The number of carbonyl (C=O) groups excluding carboxylic acids is 2. The molecular weight excluding hydrogens is 290 g/mol. The zero-order chi connectivity index (χ0) is 17.1. The summed E-state index contributed by atoms with van der Waals surface area (Å²) in [6.07, 6.45) is 8.25. The summed E-state index contributed by atoms with van der Waals surface area (Å²) in [5.74, 6) is -1.32. The molecule has 0 amide bonds. The predicted octanol–water partition coefficient (Wildman–Crippen LogP) is 3.77. The lowest BCUT2D eigenvalue weighted by atomic mass is 9.97. The molecule has 23 heavy (non-hydrogen) atoms. The van der Waals surface area contributed by atoms with E-state index in [2.05, 4.69) is 10.5 Å². The quantitative estimate of drug-likeness (QED) is 0.390. The van der Waals surface area contributed by atoms with Crippen LogP contribution in [-0.4, -0.2) is 18.0 Å². The van der Waals surface area contributed by atoms with Crippen molar-refractivity contribution in [2.24, 2.45) is 5.73 Å². The second-order valence-electron chi connectivity index (χ2n) is 5.50. The summed E-state index contributed by atoms with van der Waals surface area (Å²) in [6.45, 7) is 3.27. The Hall–Kier alpha value is -2.16. The smallest absolute Gasteiger partial charge is 0.349 e. The molecule has 2 rings (SSSR count). The topological polar surface area (TPSA) is 69.4 Å². The third kappa shape index (κ3) is 7.59. The van der Waals surface area contributed by atoms with Crippen molar-refractivity contribution >= 4 is 11.9 Å². The highest BCUT2D eigenvalue weighted by Crippen LogP contribution is 2.14. The Bertz CT molecular complexity index is 566. The highest BCUT2D eigenvalue weighted by Gasteiger charge is 2.13. The van der Waals surface area contributed by atoms with Gasteiger partial charge in [0.2, 0.25) is 0 Å². The number of ether oxygens (including phenoxy) is 1. The fourth-order valence-corrected chi connectivity index (χ4v) is 2.20. The molecule has 0 unspecified atom stereocenters. The molecule has 0 aliphatic heterocycles. The Kier molecular flexibility index (Phi) is 8.66. The molecule has 4 heteroatoms. The minimum absolute atomic E-state index is 0.270. The molecule has 2 N–H and O–H groups in total. The molecule has 1 fully saturated rings. The van der Waals surface area contributed by atoms with Crippen LogP contribution in [0.15, 0.2) is 47.7 Å². The molecule has 0 saturated heterocycles. The van der Waals surface area contributed by atoms with Crippen molar-refractivity contribution < 1.29 is 14.3 Å². The second-order valence-corrected chi connectivity index (χ2v) is 5.50. The summed E-state index contributed by atoms with van der Waals surface area (Å²) >= 11 is 0. The Morgan fingerprint density at radius 1 is 1.17 bits per heavy atom. The maximum absolute atomic E-state index is 11.5. The van der Waals surface area contributed by atoms with E-state index in [4.69, 9.17) is 5.73 Å². The second kappa shape index (κ2) is 10.5. The van der Waals surface area contributed by atoms with Crippen molar-refractivity contribution in [3.8, 4) is 0 Å². The standard InChI is InChI=1S/C13H12O3.C6H13N/c1-3-7-10(2)12(14)16-13(15)11-8-5-4-6-9-11;7-6-4-2-1-3-5-6/h3-6,8-9H,1-2H3;6H,1-5,7H2. The number of carbonyl (C=O) groups is 2. The van der Waals surface area contributed by atoms with E-state index in [1.807, 2.05) is 0 Å². The van der Waals surface area contributed by atoms with Crippen molar-refractivity contribution in [3.63, 3.8) is 0 Å². The fourth-order valence-electron chi connectivity index (χ4n) is 2.20. The Morgan fingerprint density at radius 2 is 1.78 bits per heavy atom. The molecule has 1 saturated carbocycles. The van der Waals surface area contributed by atoms with Crippen LogP contribution in [0.2, 0.25) is 0 Å². The van der Waals surface area contributed by atoms with Crippen LogP contribution in [0.3, 0.4) is 0 Å².